The number of H-pyrrole nitrogens is 1. The van der Waals surface area contributed by atoms with Crippen molar-refractivity contribution in [3.8, 4) is 0 Å². The van der Waals surface area contributed by atoms with Crippen molar-refractivity contribution in [2.75, 3.05) is 33.2 Å². The summed E-state index contributed by atoms with van der Waals surface area (Å²) in [7, 11) is -16.6. The first-order valence-electron chi connectivity index (χ1n) is 8.76. The predicted octanol–water partition coefficient (Wildman–Crippen LogP) is 6.44. The van der Waals surface area contributed by atoms with Crippen LogP contribution in [0.15, 0.2) is 18.2 Å². The molecule has 0 aliphatic carbocycles. The molecule has 2 rings (SSSR count). The number of rotatable bonds is 1. The molecule has 218 valence electrons. The Morgan fingerprint density at radius 2 is 1.05 bits per heavy atom. The van der Waals surface area contributed by atoms with E-state index in [0.29, 0.717) is 0 Å². The van der Waals surface area contributed by atoms with Crippen molar-refractivity contribution < 1.29 is 73.5 Å². The molecule has 0 unspecified atom stereocenters. The van der Waals surface area contributed by atoms with E-state index < -0.39 is 29.0 Å². The van der Waals surface area contributed by atoms with Gasteiger partial charge >= 0.3 is 35.0 Å². The summed E-state index contributed by atoms with van der Waals surface area (Å²) >= 11 is 0. The van der Waals surface area contributed by atoms with Gasteiger partial charge in [0.1, 0.15) is 5.52 Å². The first-order chi connectivity index (χ1) is 16.1. The number of anilines is 1. The Hall–Kier alpha value is -2.97. The minimum Gasteiger partial charge on any atom is -0.418 e. The Bertz CT molecular complexity index is 841. The second-order valence-corrected chi connectivity index (χ2v) is 5.90. The van der Waals surface area contributed by atoms with Gasteiger partial charge in [-0.05, 0) is 12.1 Å². The molecule has 0 atom stereocenters. The smallest absolute Gasteiger partial charge is 0.418 e. The molecular formula is C11H16B4F16N5O-3. The zero-order valence-corrected chi connectivity index (χ0v) is 18.8. The minimum absolute atomic E-state index is 0.737. The van der Waals surface area contributed by atoms with Gasteiger partial charge in [0.05, 0.1) is 11.2 Å². The van der Waals surface area contributed by atoms with Crippen LogP contribution in [0.4, 0.5) is 79.2 Å². The number of halogens is 16. The second kappa shape index (κ2) is 16.0. The van der Waals surface area contributed by atoms with Gasteiger partial charge in [-0.25, -0.2) is 9.32 Å². The lowest BCUT2D eigenvalue weighted by molar-refractivity contribution is -0.0921. The number of benzene rings is 1. The summed E-state index contributed by atoms with van der Waals surface area (Å²) < 4.78 is 161. The average Bonchev–Trinajstić information content (AvgIpc) is 3.04. The Kier molecular flexibility index (Phi) is 16.7. The summed E-state index contributed by atoms with van der Waals surface area (Å²) in [6, 6.07) is 6.61. The number of carbonyl (C=O) groups excluding carboxylic acids is 1. The zero-order valence-electron chi connectivity index (χ0n) is 18.8. The van der Waals surface area contributed by atoms with Gasteiger partial charge in [0.2, 0.25) is 0 Å². The molecule has 26 heteroatoms. The third kappa shape index (κ3) is 33.0. The number of hydrogen-bond acceptors (Lipinski definition) is 2. The molecule has 1 aromatic carbocycles. The number of fused-ring (bicyclic) bond motifs is 1. The van der Waals surface area contributed by atoms with Crippen LogP contribution in [0, 0.1) is 0 Å². The highest BCUT2D eigenvalue weighted by atomic mass is 19.5. The molecule has 2 amide bonds. The van der Waals surface area contributed by atoms with E-state index in [0.717, 1.165) is 22.8 Å². The Balaban J connectivity index is -0.000000476. The lowest BCUT2D eigenvalue weighted by Gasteiger charge is -2.17. The van der Waals surface area contributed by atoms with Crippen molar-refractivity contribution in [1.29, 1.82) is 0 Å². The Morgan fingerprint density at radius 1 is 0.703 bits per heavy atom. The monoisotopic (exact) mass is 582 g/mol. The summed E-state index contributed by atoms with van der Waals surface area (Å²) in [6.07, 6.45) is 0. The maximum Gasteiger partial charge on any atom is 0.673 e. The molecule has 1 N–H and O–H groups in total. The van der Waals surface area contributed by atoms with Crippen LogP contribution in [-0.2, 0) is 0 Å². The van der Waals surface area contributed by atoms with Crippen molar-refractivity contribution in [2.24, 2.45) is 0 Å². The summed E-state index contributed by atoms with van der Waals surface area (Å²) in [5, 5.41) is 10.7. The van der Waals surface area contributed by atoms with Gasteiger partial charge < -0.3 is 69.1 Å². The summed E-state index contributed by atoms with van der Waals surface area (Å²) in [4.78, 5) is 3.84. The van der Waals surface area contributed by atoms with Crippen molar-refractivity contribution >= 4 is 51.8 Å². The highest BCUT2D eigenvalue weighted by Gasteiger charge is 2.24. The Morgan fingerprint density at radius 3 is 1.35 bits per heavy atom. The van der Waals surface area contributed by atoms with Crippen molar-refractivity contribution in [2.45, 2.75) is 0 Å². The van der Waals surface area contributed by atoms with Crippen LogP contribution in [0.25, 0.3) is 11.0 Å². The molecule has 6 nitrogen and oxygen atoms in total. The maximum absolute atomic E-state index is 9.75. The van der Waals surface area contributed by atoms with Crippen LogP contribution in [-0.4, -0.2) is 83.6 Å². The van der Waals surface area contributed by atoms with Gasteiger partial charge in [0.15, 0.2) is 0 Å². The number of amides is 2. The van der Waals surface area contributed by atoms with Crippen molar-refractivity contribution in [3.63, 3.8) is 0 Å². The molecule has 1 heterocycles. The molecule has 0 saturated carbocycles. The molecular weight excluding hydrogens is 565 g/mol. The fraction of sp³-hybridized carbons (Fsp3) is 0.364. The number of aromatic nitrogens is 3. The third-order valence-corrected chi connectivity index (χ3v) is 2.55. The number of nitrogens with one attached hydrogen (secondary N) is 1. The molecule has 0 spiro atoms. The van der Waals surface area contributed by atoms with Gasteiger partial charge in [0, 0.05) is 21.1 Å². The predicted molar refractivity (Wildman–Crippen MR) is 108 cm³/mol. The van der Waals surface area contributed by atoms with Gasteiger partial charge in [-0.15, -0.1) is 5.10 Å². The Labute approximate surface area is 198 Å². The van der Waals surface area contributed by atoms with E-state index >= 15 is 0 Å². The van der Waals surface area contributed by atoms with E-state index in [1.807, 2.05) is 49.1 Å². The summed E-state index contributed by atoms with van der Waals surface area (Å²) in [5.74, 6) is 0. The zero-order chi connectivity index (χ0) is 30.4. The molecule has 0 saturated heterocycles. The standard InChI is InChI=1S/C11H16N5O.4BF4/c1-15(2)11(17-4)16(3)9-7-5-6-8-10(9)13-14-12-8;4*2-1(3,4)5/h5-7H,1-4H3,(H,12,13,14);;;;/q+1;4*-1. The number of nitrogens with zero attached hydrogens (tertiary/aromatic N) is 4. The van der Waals surface area contributed by atoms with E-state index in [1.54, 1.807) is 7.11 Å². The van der Waals surface area contributed by atoms with Gasteiger partial charge in [-0.3, -0.25) is 10.00 Å². The van der Waals surface area contributed by atoms with E-state index in [1.165, 1.54) is 0 Å². The highest BCUT2D eigenvalue weighted by Crippen LogP contribution is 2.23. The summed E-state index contributed by atoms with van der Waals surface area (Å²) in [5.41, 5.74) is 2.68. The second-order valence-electron chi connectivity index (χ2n) is 5.90. The quantitative estimate of drug-likeness (QED) is 0.240. The fourth-order valence-corrected chi connectivity index (χ4v) is 1.85. The molecule has 0 aliphatic rings. The first-order valence-corrected chi connectivity index (χ1v) is 8.76. The number of hydrogen-bond donors (Lipinski definition) is 1. The molecule has 1 aromatic heterocycles. The van der Waals surface area contributed by atoms with Crippen LogP contribution >= 0.6 is 0 Å². The molecule has 37 heavy (non-hydrogen) atoms. The van der Waals surface area contributed by atoms with Gasteiger partial charge in [-0.1, -0.05) is 11.3 Å². The lowest BCUT2D eigenvalue weighted by Crippen LogP contribution is -2.37. The van der Waals surface area contributed by atoms with E-state index in [9.17, 15) is 69.1 Å². The third-order valence-electron chi connectivity index (χ3n) is 2.55. The minimum atomic E-state index is -6.00. The topological polar surface area (TPSA) is 59.4 Å². The largest absolute Gasteiger partial charge is 0.673 e. The van der Waals surface area contributed by atoms with Crippen LogP contribution < -0.4 is 4.90 Å². The van der Waals surface area contributed by atoms with Crippen LogP contribution in [0.3, 0.4) is 0 Å². The van der Waals surface area contributed by atoms with Crippen LogP contribution in [0.5, 0.6) is 0 Å². The van der Waals surface area contributed by atoms with Crippen LogP contribution in [0.1, 0.15) is 0 Å². The lowest BCUT2D eigenvalue weighted by atomic mass is 10.2. The molecule has 2 aromatic rings. The van der Waals surface area contributed by atoms with Crippen molar-refractivity contribution in [1.82, 2.24) is 20.3 Å². The normalized spacial score (nSPS) is 11.9. The van der Waals surface area contributed by atoms with E-state index in [2.05, 4.69) is 15.4 Å². The molecule has 0 fully saturated rings. The molecule has 0 aliphatic heterocycles. The van der Waals surface area contributed by atoms with E-state index in [4.69, 9.17) is 4.42 Å². The number of urea groups is 1. The number of aromatic amines is 1. The van der Waals surface area contributed by atoms with Crippen molar-refractivity contribution in [3.05, 3.63) is 18.2 Å². The van der Waals surface area contributed by atoms with Crippen LogP contribution in [0.2, 0.25) is 0 Å². The fourth-order valence-electron chi connectivity index (χ4n) is 1.85. The van der Waals surface area contributed by atoms with Gasteiger partial charge in [0.25, 0.3) is 7.11 Å². The SMILES string of the molecule is C[O+]=C(N(C)C)N(C)c1cccc2[nH]nnc12.F[B-](F)(F)F.F[B-](F)(F)F.F[B-](F)(F)F.F[B-](F)(F)F. The molecule has 0 bridgehead atoms. The average molecular weight is 581 g/mol. The maximum atomic E-state index is 9.75. The first kappa shape index (κ1) is 38.6. The highest BCUT2D eigenvalue weighted by molar-refractivity contribution is 6.50. The van der Waals surface area contributed by atoms with Gasteiger partial charge in [-0.2, -0.15) is 0 Å². The van der Waals surface area contributed by atoms with E-state index in [-0.39, 0.29) is 0 Å². The summed E-state index contributed by atoms with van der Waals surface area (Å²) in [6.45, 7) is 0. The molecule has 0 radical (unpaired) electrons.